The van der Waals surface area contributed by atoms with Crippen molar-refractivity contribution in [3.8, 4) is 0 Å². The summed E-state index contributed by atoms with van der Waals surface area (Å²) < 4.78 is 10.7. The Morgan fingerprint density at radius 1 is 1.12 bits per heavy atom. The molecule has 26 heavy (non-hydrogen) atoms. The van der Waals surface area contributed by atoms with E-state index in [0.717, 1.165) is 17.7 Å². The topological polar surface area (TPSA) is 55.8 Å². The number of ether oxygens (including phenoxy) is 2. The largest absolute Gasteiger partial charge is 0.462 e. The van der Waals surface area contributed by atoms with E-state index < -0.39 is 11.9 Å². The molecule has 0 bridgehead atoms. The third-order valence-electron chi connectivity index (χ3n) is 4.04. The molecule has 0 aliphatic carbocycles. The van der Waals surface area contributed by atoms with Gasteiger partial charge in [-0.05, 0) is 36.8 Å². The van der Waals surface area contributed by atoms with Crippen LogP contribution in [-0.4, -0.2) is 31.2 Å². The van der Waals surface area contributed by atoms with Crippen molar-refractivity contribution < 1.29 is 19.1 Å². The summed E-state index contributed by atoms with van der Waals surface area (Å²) in [5, 5.41) is 0. The maximum atomic E-state index is 12.7. The summed E-state index contributed by atoms with van der Waals surface area (Å²) in [4.78, 5) is 26.9. The maximum absolute atomic E-state index is 12.7. The first kappa shape index (κ1) is 20.0. The smallest absolute Gasteiger partial charge is 0.355 e. The van der Waals surface area contributed by atoms with Crippen LogP contribution in [0.3, 0.4) is 0 Å². The summed E-state index contributed by atoms with van der Waals surface area (Å²) in [6.07, 6.45) is 2.08. The lowest BCUT2D eigenvalue weighted by Crippen LogP contribution is -2.34. The molecule has 1 unspecified atom stereocenters. The second kappa shape index (κ2) is 8.88. The summed E-state index contributed by atoms with van der Waals surface area (Å²) in [7, 11) is 0. The van der Waals surface area contributed by atoms with Gasteiger partial charge in [0.25, 0.3) is 0 Å². The molecule has 0 spiro atoms. The summed E-state index contributed by atoms with van der Waals surface area (Å²) in [6, 6.07) is 7.97. The van der Waals surface area contributed by atoms with Gasteiger partial charge in [-0.2, -0.15) is 0 Å². The minimum absolute atomic E-state index is 0.0585. The van der Waals surface area contributed by atoms with Gasteiger partial charge in [-0.3, -0.25) is 0 Å². The first-order valence-corrected chi connectivity index (χ1v) is 9.22. The molecular formula is C21H29NO4. The Morgan fingerprint density at radius 2 is 1.73 bits per heavy atom. The van der Waals surface area contributed by atoms with E-state index in [1.807, 2.05) is 63.8 Å². The van der Waals surface area contributed by atoms with E-state index >= 15 is 0 Å². The minimum atomic E-state index is -0.522. The van der Waals surface area contributed by atoms with Crippen molar-refractivity contribution in [2.75, 3.05) is 18.1 Å². The quantitative estimate of drug-likeness (QED) is 0.549. The molecule has 5 nitrogen and oxygen atoms in total. The van der Waals surface area contributed by atoms with Gasteiger partial charge in [0.1, 0.15) is 5.70 Å². The number of fused-ring (bicyclic) bond motifs is 1. The zero-order valence-corrected chi connectivity index (χ0v) is 16.3. The van der Waals surface area contributed by atoms with Crippen molar-refractivity contribution in [1.29, 1.82) is 0 Å². The molecule has 5 heteroatoms. The van der Waals surface area contributed by atoms with Crippen molar-refractivity contribution in [2.24, 2.45) is 11.8 Å². The molecule has 1 atom stereocenters. The molecule has 0 amide bonds. The molecule has 1 aliphatic heterocycles. The van der Waals surface area contributed by atoms with Gasteiger partial charge in [0.2, 0.25) is 0 Å². The highest BCUT2D eigenvalue weighted by Gasteiger charge is 2.33. The van der Waals surface area contributed by atoms with Crippen LogP contribution < -0.4 is 4.90 Å². The van der Waals surface area contributed by atoms with Crippen molar-refractivity contribution in [3.63, 3.8) is 0 Å². The van der Waals surface area contributed by atoms with Crippen LogP contribution in [0.1, 0.15) is 40.2 Å². The SMILES string of the molecule is CC(C)COC(=O)C=C(C(=O)OCC(C)C)N1c2ccccc2CC1C. The lowest BCUT2D eigenvalue weighted by molar-refractivity contribution is -0.142. The van der Waals surface area contributed by atoms with Crippen LogP contribution in [0.5, 0.6) is 0 Å². The second-order valence-electron chi connectivity index (χ2n) is 7.60. The van der Waals surface area contributed by atoms with Crippen LogP contribution in [0.15, 0.2) is 36.0 Å². The average Bonchev–Trinajstić information content (AvgIpc) is 2.91. The van der Waals surface area contributed by atoms with E-state index in [4.69, 9.17) is 9.47 Å². The Kier molecular flexibility index (Phi) is 6.83. The number of rotatable bonds is 7. The van der Waals surface area contributed by atoms with Crippen molar-refractivity contribution in [2.45, 2.75) is 47.1 Å². The lowest BCUT2D eigenvalue weighted by Gasteiger charge is -2.26. The Hall–Kier alpha value is -2.30. The van der Waals surface area contributed by atoms with Crippen molar-refractivity contribution in [1.82, 2.24) is 0 Å². The summed E-state index contributed by atoms with van der Waals surface area (Å²) in [5.41, 5.74) is 2.32. The third kappa shape index (κ3) is 5.10. The van der Waals surface area contributed by atoms with E-state index in [1.165, 1.54) is 6.08 Å². The molecule has 1 aromatic carbocycles. The Morgan fingerprint density at radius 3 is 2.38 bits per heavy atom. The molecule has 1 aromatic rings. The van der Waals surface area contributed by atoms with Gasteiger partial charge in [0.15, 0.2) is 0 Å². The van der Waals surface area contributed by atoms with Gasteiger partial charge < -0.3 is 14.4 Å². The highest BCUT2D eigenvalue weighted by molar-refractivity contribution is 6.00. The van der Waals surface area contributed by atoms with Crippen LogP contribution >= 0.6 is 0 Å². The predicted molar refractivity (Wildman–Crippen MR) is 102 cm³/mol. The Labute approximate surface area is 156 Å². The van der Waals surface area contributed by atoms with Crippen molar-refractivity contribution in [3.05, 3.63) is 41.6 Å². The number of carbonyl (C=O) groups excluding carboxylic acids is 2. The monoisotopic (exact) mass is 359 g/mol. The molecule has 0 saturated carbocycles. The fourth-order valence-electron chi connectivity index (χ4n) is 2.88. The van der Waals surface area contributed by atoms with Crippen LogP contribution in [0.2, 0.25) is 0 Å². The van der Waals surface area contributed by atoms with Crippen LogP contribution in [0, 0.1) is 11.8 Å². The third-order valence-corrected chi connectivity index (χ3v) is 4.04. The summed E-state index contributed by atoms with van der Waals surface area (Å²) in [6.45, 7) is 10.5. The van der Waals surface area contributed by atoms with Gasteiger partial charge >= 0.3 is 11.9 Å². The van der Waals surface area contributed by atoms with Crippen LogP contribution in [-0.2, 0) is 25.5 Å². The fourth-order valence-corrected chi connectivity index (χ4v) is 2.88. The summed E-state index contributed by atoms with van der Waals surface area (Å²) in [5.74, 6) is -0.568. The molecule has 0 N–H and O–H groups in total. The molecule has 0 aromatic heterocycles. The standard InChI is InChI=1S/C21H29NO4/c1-14(2)12-25-20(23)11-19(21(24)26-13-15(3)4)22-16(5)10-17-8-6-7-9-18(17)22/h6-9,11,14-16H,10,12-13H2,1-5H3. The number of para-hydroxylation sites is 1. The normalized spacial score (nSPS) is 16.8. The molecule has 0 saturated heterocycles. The van der Waals surface area contributed by atoms with Gasteiger partial charge in [-0.25, -0.2) is 9.59 Å². The van der Waals surface area contributed by atoms with Gasteiger partial charge in [0, 0.05) is 11.7 Å². The predicted octanol–water partition coefficient (Wildman–Crippen LogP) is 3.72. The first-order chi connectivity index (χ1) is 12.3. The Balaban J connectivity index is 2.31. The van der Waals surface area contributed by atoms with Crippen molar-refractivity contribution >= 4 is 17.6 Å². The number of carbonyl (C=O) groups is 2. The molecule has 1 aliphatic rings. The van der Waals surface area contributed by atoms with Gasteiger partial charge in [-0.15, -0.1) is 0 Å². The molecule has 2 rings (SSSR count). The zero-order chi connectivity index (χ0) is 19.3. The Bertz CT molecular complexity index is 678. The molecule has 0 fully saturated rings. The van der Waals surface area contributed by atoms with Crippen LogP contribution in [0.25, 0.3) is 0 Å². The van der Waals surface area contributed by atoms with Gasteiger partial charge in [-0.1, -0.05) is 45.9 Å². The van der Waals surface area contributed by atoms with E-state index in [-0.39, 0.29) is 23.6 Å². The van der Waals surface area contributed by atoms with E-state index in [9.17, 15) is 9.59 Å². The second-order valence-corrected chi connectivity index (χ2v) is 7.60. The molecule has 0 radical (unpaired) electrons. The molecule has 142 valence electrons. The summed E-state index contributed by atoms with van der Waals surface area (Å²) >= 11 is 0. The zero-order valence-electron chi connectivity index (χ0n) is 16.3. The first-order valence-electron chi connectivity index (χ1n) is 9.22. The highest BCUT2D eigenvalue weighted by atomic mass is 16.5. The van der Waals surface area contributed by atoms with Gasteiger partial charge in [0.05, 0.1) is 19.3 Å². The molecule has 1 heterocycles. The fraction of sp³-hybridized carbons (Fsp3) is 0.524. The van der Waals surface area contributed by atoms with Crippen LogP contribution in [0.4, 0.5) is 5.69 Å². The van der Waals surface area contributed by atoms with E-state index in [2.05, 4.69) is 0 Å². The number of esters is 2. The minimum Gasteiger partial charge on any atom is -0.462 e. The maximum Gasteiger partial charge on any atom is 0.355 e. The highest BCUT2D eigenvalue weighted by Crippen LogP contribution is 2.35. The number of anilines is 1. The molecular weight excluding hydrogens is 330 g/mol. The number of benzene rings is 1. The average molecular weight is 359 g/mol. The lowest BCUT2D eigenvalue weighted by atomic mass is 10.1. The van der Waals surface area contributed by atoms with E-state index in [1.54, 1.807) is 0 Å². The number of hydrogen-bond donors (Lipinski definition) is 0. The number of hydrogen-bond acceptors (Lipinski definition) is 5. The number of nitrogens with zero attached hydrogens (tertiary/aromatic N) is 1. The van der Waals surface area contributed by atoms with E-state index in [0.29, 0.717) is 13.2 Å².